The summed E-state index contributed by atoms with van der Waals surface area (Å²) >= 11 is 1.70. The Labute approximate surface area is 170 Å². The second-order valence-corrected chi connectivity index (χ2v) is 8.61. The zero-order valence-corrected chi connectivity index (χ0v) is 17.2. The number of anilines is 2. The highest BCUT2D eigenvalue weighted by Crippen LogP contribution is 2.24. The number of ether oxygens (including phenoxy) is 1. The van der Waals surface area contributed by atoms with E-state index in [0.717, 1.165) is 80.9 Å². The van der Waals surface area contributed by atoms with Crippen LogP contribution in [-0.2, 0) is 16.1 Å². The van der Waals surface area contributed by atoms with Gasteiger partial charge in [0.25, 0.3) is 0 Å². The molecule has 28 heavy (non-hydrogen) atoms. The molecule has 6 nitrogen and oxygen atoms in total. The zero-order valence-electron chi connectivity index (χ0n) is 16.4. The highest BCUT2D eigenvalue weighted by Gasteiger charge is 2.25. The van der Waals surface area contributed by atoms with Crippen LogP contribution in [0.25, 0.3) is 0 Å². The Hall–Kier alpha value is -1.96. The summed E-state index contributed by atoms with van der Waals surface area (Å²) in [6, 6.07) is 8.16. The molecular formula is C21H28N4O2S. The fraction of sp³-hybridized carbons (Fsp3) is 0.524. The van der Waals surface area contributed by atoms with Gasteiger partial charge in [0.05, 0.1) is 23.9 Å². The predicted octanol–water partition coefficient (Wildman–Crippen LogP) is 3.14. The summed E-state index contributed by atoms with van der Waals surface area (Å²) in [6.07, 6.45) is 1.80. The van der Waals surface area contributed by atoms with Crippen LogP contribution in [0.5, 0.6) is 0 Å². The molecule has 1 aromatic heterocycles. The van der Waals surface area contributed by atoms with Crippen molar-refractivity contribution in [3.05, 3.63) is 40.3 Å². The van der Waals surface area contributed by atoms with Crippen LogP contribution in [0.3, 0.4) is 0 Å². The van der Waals surface area contributed by atoms with Gasteiger partial charge in [-0.2, -0.15) is 0 Å². The van der Waals surface area contributed by atoms with Crippen LogP contribution in [0.2, 0.25) is 0 Å². The van der Waals surface area contributed by atoms with E-state index in [4.69, 9.17) is 4.74 Å². The number of nitrogens with zero attached hydrogens (tertiary/aromatic N) is 3. The number of thiazole rings is 1. The van der Waals surface area contributed by atoms with Crippen molar-refractivity contribution in [2.24, 2.45) is 5.92 Å². The van der Waals surface area contributed by atoms with Crippen LogP contribution in [0.1, 0.15) is 23.5 Å². The molecule has 0 atom stereocenters. The third-order valence-corrected chi connectivity index (χ3v) is 6.32. The van der Waals surface area contributed by atoms with Gasteiger partial charge in [-0.05, 0) is 51.1 Å². The molecule has 4 rings (SSSR count). The van der Waals surface area contributed by atoms with Crippen LogP contribution in [0.4, 0.5) is 11.4 Å². The van der Waals surface area contributed by atoms with Crippen LogP contribution >= 0.6 is 11.3 Å². The van der Waals surface area contributed by atoms with Crippen LogP contribution < -0.4 is 10.2 Å². The Morgan fingerprint density at radius 2 is 2.04 bits per heavy atom. The second-order valence-electron chi connectivity index (χ2n) is 7.55. The SMILES string of the molecule is Cc1nc(CN2CCC(C(=O)Nc3cccc(N4CCOCC4)c3)CC2)cs1. The summed E-state index contributed by atoms with van der Waals surface area (Å²) in [5, 5.41) is 6.38. The van der Waals surface area contributed by atoms with E-state index in [2.05, 4.69) is 37.6 Å². The summed E-state index contributed by atoms with van der Waals surface area (Å²) in [4.78, 5) is 22.0. The largest absolute Gasteiger partial charge is 0.378 e. The van der Waals surface area contributed by atoms with E-state index in [9.17, 15) is 4.79 Å². The molecule has 2 saturated heterocycles. The van der Waals surface area contributed by atoms with E-state index in [0.29, 0.717) is 0 Å². The van der Waals surface area contributed by atoms with Crippen molar-refractivity contribution in [2.45, 2.75) is 26.3 Å². The maximum absolute atomic E-state index is 12.7. The van der Waals surface area contributed by atoms with Gasteiger partial charge >= 0.3 is 0 Å². The number of piperidine rings is 1. The first-order chi connectivity index (χ1) is 13.7. The third-order valence-electron chi connectivity index (χ3n) is 5.50. The average molecular weight is 401 g/mol. The van der Waals surface area contributed by atoms with Crippen molar-refractivity contribution in [3.8, 4) is 0 Å². The molecule has 2 aliphatic heterocycles. The number of hydrogen-bond acceptors (Lipinski definition) is 6. The number of carbonyl (C=O) groups is 1. The Balaban J connectivity index is 1.28. The standard InChI is InChI=1S/C21H28N4O2S/c1-16-22-19(15-28-16)14-24-7-5-17(6-8-24)21(26)23-18-3-2-4-20(13-18)25-9-11-27-12-10-25/h2-4,13,15,17H,5-12,14H2,1H3,(H,23,26). The highest BCUT2D eigenvalue weighted by molar-refractivity contribution is 7.09. The molecule has 1 N–H and O–H groups in total. The lowest BCUT2D eigenvalue weighted by Gasteiger charge is -2.31. The van der Waals surface area contributed by atoms with Gasteiger partial charge < -0.3 is 15.0 Å². The molecule has 0 unspecified atom stereocenters. The summed E-state index contributed by atoms with van der Waals surface area (Å²) in [5.41, 5.74) is 3.18. The number of rotatable bonds is 5. The van der Waals surface area contributed by atoms with E-state index in [1.165, 1.54) is 0 Å². The lowest BCUT2D eigenvalue weighted by molar-refractivity contribution is -0.121. The number of hydrogen-bond donors (Lipinski definition) is 1. The Morgan fingerprint density at radius 3 is 2.75 bits per heavy atom. The summed E-state index contributed by atoms with van der Waals surface area (Å²) < 4.78 is 5.42. The van der Waals surface area contributed by atoms with E-state index in [1.54, 1.807) is 11.3 Å². The number of benzene rings is 1. The molecule has 2 fully saturated rings. The molecule has 0 spiro atoms. The van der Waals surface area contributed by atoms with Crippen molar-refractivity contribution in [1.29, 1.82) is 0 Å². The number of amides is 1. The molecule has 0 radical (unpaired) electrons. The summed E-state index contributed by atoms with van der Waals surface area (Å²) in [5.74, 6) is 0.226. The molecule has 1 aromatic carbocycles. The van der Waals surface area contributed by atoms with Gasteiger partial charge in [-0.1, -0.05) is 6.07 Å². The Morgan fingerprint density at radius 1 is 1.25 bits per heavy atom. The van der Waals surface area contributed by atoms with E-state index >= 15 is 0 Å². The lowest BCUT2D eigenvalue weighted by atomic mass is 9.95. The first kappa shape index (κ1) is 19.4. The number of aryl methyl sites for hydroxylation is 1. The third kappa shape index (κ3) is 4.90. The topological polar surface area (TPSA) is 57.7 Å². The van der Waals surface area contributed by atoms with E-state index < -0.39 is 0 Å². The van der Waals surface area contributed by atoms with E-state index in [-0.39, 0.29) is 11.8 Å². The van der Waals surface area contributed by atoms with Crippen LogP contribution in [-0.4, -0.2) is 55.2 Å². The predicted molar refractivity (Wildman–Crippen MR) is 113 cm³/mol. The lowest BCUT2D eigenvalue weighted by Crippen LogP contribution is -2.38. The molecule has 0 saturated carbocycles. The van der Waals surface area contributed by atoms with Crippen molar-refractivity contribution >= 4 is 28.6 Å². The molecule has 2 aromatic rings. The molecule has 7 heteroatoms. The average Bonchev–Trinajstić information content (AvgIpc) is 3.14. The van der Waals surface area contributed by atoms with Gasteiger partial charge in [0.2, 0.25) is 5.91 Å². The molecule has 3 heterocycles. The number of carbonyl (C=O) groups excluding carboxylic acids is 1. The Kier molecular flexibility index (Phi) is 6.24. The fourth-order valence-electron chi connectivity index (χ4n) is 3.91. The van der Waals surface area contributed by atoms with Gasteiger partial charge in [-0.25, -0.2) is 4.98 Å². The van der Waals surface area contributed by atoms with Gasteiger partial charge in [-0.3, -0.25) is 9.69 Å². The van der Waals surface area contributed by atoms with Crippen molar-refractivity contribution in [3.63, 3.8) is 0 Å². The fourth-order valence-corrected chi connectivity index (χ4v) is 4.51. The van der Waals surface area contributed by atoms with Crippen molar-refractivity contribution in [2.75, 3.05) is 49.6 Å². The van der Waals surface area contributed by atoms with Gasteiger partial charge in [0.15, 0.2) is 0 Å². The maximum atomic E-state index is 12.7. The molecule has 0 aliphatic carbocycles. The first-order valence-electron chi connectivity index (χ1n) is 10.0. The molecule has 2 aliphatic rings. The zero-order chi connectivity index (χ0) is 19.3. The number of aromatic nitrogens is 1. The molecule has 150 valence electrons. The number of nitrogens with one attached hydrogen (secondary N) is 1. The minimum atomic E-state index is 0.0838. The minimum absolute atomic E-state index is 0.0838. The summed E-state index contributed by atoms with van der Waals surface area (Å²) in [6.45, 7) is 8.14. The highest BCUT2D eigenvalue weighted by atomic mass is 32.1. The van der Waals surface area contributed by atoms with E-state index in [1.807, 2.05) is 19.1 Å². The van der Waals surface area contributed by atoms with Gasteiger partial charge in [0, 0.05) is 42.3 Å². The summed E-state index contributed by atoms with van der Waals surface area (Å²) in [7, 11) is 0. The molecule has 0 bridgehead atoms. The first-order valence-corrected chi connectivity index (χ1v) is 10.9. The van der Waals surface area contributed by atoms with Gasteiger partial charge in [0.1, 0.15) is 0 Å². The smallest absolute Gasteiger partial charge is 0.227 e. The van der Waals surface area contributed by atoms with Gasteiger partial charge in [-0.15, -0.1) is 11.3 Å². The molecule has 1 amide bonds. The quantitative estimate of drug-likeness (QED) is 0.836. The normalized spacial score (nSPS) is 19.0. The number of likely N-dealkylation sites (tertiary alicyclic amines) is 1. The van der Waals surface area contributed by atoms with Crippen LogP contribution in [0, 0.1) is 12.8 Å². The molecular weight excluding hydrogens is 372 g/mol. The Bertz CT molecular complexity index is 795. The van der Waals surface area contributed by atoms with Crippen molar-refractivity contribution in [1.82, 2.24) is 9.88 Å². The minimum Gasteiger partial charge on any atom is -0.378 e. The monoisotopic (exact) mass is 400 g/mol. The van der Waals surface area contributed by atoms with Crippen molar-refractivity contribution < 1.29 is 9.53 Å². The van der Waals surface area contributed by atoms with Crippen LogP contribution in [0.15, 0.2) is 29.6 Å². The number of morpholine rings is 1. The second kappa shape index (κ2) is 9.03. The maximum Gasteiger partial charge on any atom is 0.227 e.